The fraction of sp³-hybridized carbons (Fsp3) is 0.235. The number of hydrogen-bond acceptors (Lipinski definition) is 4. The molecule has 0 radical (unpaired) electrons. The number of nitrogens with one attached hydrogen (secondary N) is 1. The second kappa shape index (κ2) is 5.96. The van der Waals surface area contributed by atoms with E-state index in [-0.39, 0.29) is 18.2 Å². The maximum absolute atomic E-state index is 12.9. The van der Waals surface area contributed by atoms with Gasteiger partial charge in [0.1, 0.15) is 5.54 Å². The smallest absolute Gasteiger partial charge is 0.319 e. The van der Waals surface area contributed by atoms with Crippen molar-refractivity contribution < 1.29 is 14.4 Å². The average Bonchev–Trinajstić information content (AvgIpc) is 3.19. The highest BCUT2D eigenvalue weighted by molar-refractivity contribution is 7.12. The van der Waals surface area contributed by atoms with Crippen LogP contribution in [0.2, 0.25) is 0 Å². The number of carbonyl (C=O) groups is 3. The van der Waals surface area contributed by atoms with E-state index in [9.17, 15) is 14.4 Å². The van der Waals surface area contributed by atoms with Crippen LogP contribution < -0.4 is 5.32 Å². The first kappa shape index (κ1) is 15.4. The lowest BCUT2D eigenvalue weighted by Gasteiger charge is -2.25. The quantitative estimate of drug-likeness (QED) is 0.678. The topological polar surface area (TPSA) is 66.5 Å². The number of ketones is 1. The first-order valence-electron chi connectivity index (χ1n) is 7.35. The van der Waals surface area contributed by atoms with E-state index in [2.05, 4.69) is 5.32 Å². The fourth-order valence-electron chi connectivity index (χ4n) is 2.79. The molecule has 0 saturated carbocycles. The van der Waals surface area contributed by atoms with Crippen molar-refractivity contribution in [3.05, 3.63) is 58.3 Å². The molecule has 1 aliphatic heterocycles. The van der Waals surface area contributed by atoms with Crippen LogP contribution in [0, 0.1) is 0 Å². The summed E-state index contributed by atoms with van der Waals surface area (Å²) in [6.45, 7) is 1.61. The molecule has 0 aliphatic carbocycles. The van der Waals surface area contributed by atoms with E-state index < -0.39 is 11.6 Å². The lowest BCUT2D eigenvalue weighted by Crippen LogP contribution is -2.43. The summed E-state index contributed by atoms with van der Waals surface area (Å²) >= 11 is 1.30. The number of rotatable bonds is 5. The number of hydrogen-bond donors (Lipinski definition) is 1. The molecule has 118 valence electrons. The Balaban J connectivity index is 1.89. The summed E-state index contributed by atoms with van der Waals surface area (Å²) in [7, 11) is 0. The second-order valence-electron chi connectivity index (χ2n) is 5.35. The van der Waals surface area contributed by atoms with Crippen LogP contribution in [0.4, 0.5) is 4.79 Å². The summed E-state index contributed by atoms with van der Waals surface area (Å²) in [5.41, 5.74) is -0.361. The monoisotopic (exact) mass is 328 g/mol. The summed E-state index contributed by atoms with van der Waals surface area (Å²) in [4.78, 5) is 38.9. The zero-order valence-electron chi connectivity index (χ0n) is 12.6. The Bertz CT molecular complexity index is 742. The third-order valence-corrected chi connectivity index (χ3v) is 4.98. The van der Waals surface area contributed by atoms with Gasteiger partial charge in [0.25, 0.3) is 5.91 Å². The number of nitrogens with zero attached hydrogens (tertiary/aromatic N) is 1. The van der Waals surface area contributed by atoms with Crippen molar-refractivity contribution in [2.45, 2.75) is 18.9 Å². The van der Waals surface area contributed by atoms with Gasteiger partial charge in [-0.3, -0.25) is 14.5 Å². The Morgan fingerprint density at radius 2 is 1.91 bits per heavy atom. The number of Topliss-reactive ketones (excluding diaryl/α,β-unsaturated/α-hetero) is 1. The molecule has 1 N–H and O–H groups in total. The Morgan fingerprint density at radius 3 is 2.52 bits per heavy atom. The average molecular weight is 328 g/mol. The number of imide groups is 1. The minimum atomic E-state index is -1.09. The van der Waals surface area contributed by atoms with E-state index >= 15 is 0 Å². The highest BCUT2D eigenvalue weighted by Gasteiger charge is 2.51. The third kappa shape index (κ3) is 2.55. The molecule has 1 fully saturated rings. The molecule has 0 bridgehead atoms. The van der Waals surface area contributed by atoms with Gasteiger partial charge in [0, 0.05) is 0 Å². The molecule has 6 heteroatoms. The van der Waals surface area contributed by atoms with Crippen LogP contribution in [0.25, 0.3) is 0 Å². The Labute approximate surface area is 137 Å². The van der Waals surface area contributed by atoms with E-state index in [0.29, 0.717) is 11.3 Å². The predicted molar refractivity (Wildman–Crippen MR) is 87.3 cm³/mol. The lowest BCUT2D eigenvalue weighted by molar-refractivity contribution is -0.131. The molecule has 5 nitrogen and oxygen atoms in total. The van der Waals surface area contributed by atoms with E-state index in [0.717, 1.165) is 10.5 Å². The molecule has 0 spiro atoms. The molecule has 1 aromatic heterocycles. The third-order valence-electron chi connectivity index (χ3n) is 4.07. The zero-order chi connectivity index (χ0) is 16.4. The van der Waals surface area contributed by atoms with Crippen LogP contribution in [0.3, 0.4) is 0 Å². The van der Waals surface area contributed by atoms with Gasteiger partial charge in [0.2, 0.25) is 0 Å². The van der Waals surface area contributed by atoms with Crippen LogP contribution in [0.15, 0.2) is 47.8 Å². The molecular weight excluding hydrogens is 312 g/mol. The van der Waals surface area contributed by atoms with Crippen LogP contribution >= 0.6 is 11.3 Å². The summed E-state index contributed by atoms with van der Waals surface area (Å²) < 4.78 is 0. The molecule has 0 unspecified atom stereocenters. The van der Waals surface area contributed by atoms with Crippen LogP contribution in [-0.2, 0) is 10.3 Å². The van der Waals surface area contributed by atoms with Crippen molar-refractivity contribution in [3.8, 4) is 0 Å². The predicted octanol–water partition coefficient (Wildman–Crippen LogP) is 2.79. The van der Waals surface area contributed by atoms with Crippen molar-refractivity contribution >= 4 is 29.1 Å². The Hall–Kier alpha value is -2.47. The van der Waals surface area contributed by atoms with E-state index in [1.807, 2.05) is 37.3 Å². The number of urea groups is 1. The minimum absolute atomic E-state index is 0.233. The van der Waals surface area contributed by atoms with E-state index in [1.165, 1.54) is 11.3 Å². The maximum Gasteiger partial charge on any atom is 0.325 e. The van der Waals surface area contributed by atoms with Gasteiger partial charge in [-0.15, -0.1) is 11.3 Å². The summed E-state index contributed by atoms with van der Waals surface area (Å²) in [5.74, 6) is -0.607. The molecule has 1 aliphatic rings. The molecule has 1 atom stereocenters. The minimum Gasteiger partial charge on any atom is -0.319 e. The van der Waals surface area contributed by atoms with Gasteiger partial charge in [-0.1, -0.05) is 43.3 Å². The number of thiophene rings is 1. The van der Waals surface area contributed by atoms with Gasteiger partial charge in [-0.05, 0) is 23.4 Å². The van der Waals surface area contributed by atoms with Crippen LogP contribution in [0.5, 0.6) is 0 Å². The summed E-state index contributed by atoms with van der Waals surface area (Å²) in [5, 5.41) is 4.56. The second-order valence-corrected chi connectivity index (χ2v) is 6.29. The van der Waals surface area contributed by atoms with Crippen molar-refractivity contribution in [1.29, 1.82) is 0 Å². The fourth-order valence-corrected chi connectivity index (χ4v) is 3.45. The molecule has 1 aromatic carbocycles. The van der Waals surface area contributed by atoms with Gasteiger partial charge in [0.15, 0.2) is 5.78 Å². The highest BCUT2D eigenvalue weighted by Crippen LogP contribution is 2.32. The summed E-state index contributed by atoms with van der Waals surface area (Å²) in [6.07, 6.45) is 0.422. The van der Waals surface area contributed by atoms with Gasteiger partial charge in [-0.2, -0.15) is 0 Å². The van der Waals surface area contributed by atoms with E-state index in [4.69, 9.17) is 0 Å². The zero-order valence-corrected chi connectivity index (χ0v) is 13.4. The molecule has 2 aromatic rings. The standard InChI is InChI=1S/C17H16N2O3S/c1-2-17(12-7-4-3-5-8-12)15(21)19(16(22)18-17)11-13(20)14-9-6-10-23-14/h3-10H,2,11H2,1H3,(H,18,22)/t17-/m1/s1. The van der Waals surface area contributed by atoms with Gasteiger partial charge in [0.05, 0.1) is 11.4 Å². The van der Waals surface area contributed by atoms with Gasteiger partial charge >= 0.3 is 6.03 Å². The Kier molecular flexibility index (Phi) is 4.00. The molecular formula is C17H16N2O3S. The van der Waals surface area contributed by atoms with Crippen molar-refractivity contribution in [3.63, 3.8) is 0 Å². The first-order chi connectivity index (χ1) is 11.1. The molecule has 3 amide bonds. The lowest BCUT2D eigenvalue weighted by atomic mass is 9.87. The van der Waals surface area contributed by atoms with Gasteiger partial charge in [-0.25, -0.2) is 4.79 Å². The van der Waals surface area contributed by atoms with Gasteiger partial charge < -0.3 is 5.32 Å². The first-order valence-corrected chi connectivity index (χ1v) is 8.23. The van der Waals surface area contributed by atoms with Crippen molar-refractivity contribution in [1.82, 2.24) is 10.2 Å². The number of amides is 3. The van der Waals surface area contributed by atoms with Crippen LogP contribution in [0.1, 0.15) is 28.6 Å². The Morgan fingerprint density at radius 1 is 1.17 bits per heavy atom. The summed E-state index contributed by atoms with van der Waals surface area (Å²) in [6, 6.07) is 12.1. The SMILES string of the molecule is CC[C@]1(c2ccccc2)NC(=O)N(CC(=O)c2cccs2)C1=O. The number of benzene rings is 1. The van der Waals surface area contributed by atoms with E-state index in [1.54, 1.807) is 17.5 Å². The van der Waals surface area contributed by atoms with Crippen molar-refractivity contribution in [2.75, 3.05) is 6.54 Å². The normalized spacial score (nSPS) is 20.7. The van der Waals surface area contributed by atoms with Crippen LogP contribution in [-0.4, -0.2) is 29.2 Å². The molecule has 1 saturated heterocycles. The maximum atomic E-state index is 12.9. The molecule has 23 heavy (non-hydrogen) atoms. The molecule has 3 rings (SSSR count). The largest absolute Gasteiger partial charge is 0.325 e. The number of carbonyl (C=O) groups excluding carboxylic acids is 3. The molecule has 2 heterocycles. The van der Waals surface area contributed by atoms with Crippen molar-refractivity contribution in [2.24, 2.45) is 0 Å². The highest BCUT2D eigenvalue weighted by atomic mass is 32.1.